The Morgan fingerprint density at radius 3 is 2.68 bits per heavy atom. The highest BCUT2D eigenvalue weighted by molar-refractivity contribution is 6.29. The molecule has 128 valence electrons. The van der Waals surface area contributed by atoms with Crippen LogP contribution in [-0.2, 0) is 6.54 Å². The van der Waals surface area contributed by atoms with Crippen LogP contribution in [-0.4, -0.2) is 46.9 Å². The molecule has 6 heteroatoms. The predicted molar refractivity (Wildman–Crippen MR) is 96.2 cm³/mol. The number of hydrogen-bond acceptors (Lipinski definition) is 4. The fraction of sp³-hybridized carbons (Fsp3) is 0.316. The summed E-state index contributed by atoms with van der Waals surface area (Å²) in [6.07, 6.45) is 2.49. The van der Waals surface area contributed by atoms with Gasteiger partial charge in [-0.05, 0) is 36.2 Å². The van der Waals surface area contributed by atoms with Gasteiger partial charge in [-0.2, -0.15) is 5.26 Å². The van der Waals surface area contributed by atoms with Gasteiger partial charge < -0.3 is 4.90 Å². The average molecular weight is 355 g/mol. The molecule has 1 fully saturated rings. The van der Waals surface area contributed by atoms with E-state index in [9.17, 15) is 4.79 Å². The summed E-state index contributed by atoms with van der Waals surface area (Å²) < 4.78 is 0. The van der Waals surface area contributed by atoms with E-state index in [0.29, 0.717) is 22.8 Å². The van der Waals surface area contributed by atoms with E-state index in [2.05, 4.69) is 16.0 Å². The number of benzene rings is 1. The Morgan fingerprint density at radius 2 is 1.96 bits per heavy atom. The molecule has 5 nitrogen and oxygen atoms in total. The van der Waals surface area contributed by atoms with E-state index in [0.717, 1.165) is 32.6 Å². The monoisotopic (exact) mass is 354 g/mol. The first-order chi connectivity index (χ1) is 12.2. The fourth-order valence-corrected chi connectivity index (χ4v) is 3.17. The summed E-state index contributed by atoms with van der Waals surface area (Å²) in [6, 6.07) is 13.1. The molecule has 25 heavy (non-hydrogen) atoms. The summed E-state index contributed by atoms with van der Waals surface area (Å²) in [5.74, 6) is 0.00419. The highest BCUT2D eigenvalue weighted by Gasteiger charge is 2.20. The Kier molecular flexibility index (Phi) is 5.64. The molecule has 0 spiro atoms. The highest BCUT2D eigenvalue weighted by Crippen LogP contribution is 2.14. The van der Waals surface area contributed by atoms with E-state index in [1.165, 1.54) is 5.56 Å². The number of halogens is 1. The molecule has 1 aliphatic heterocycles. The normalized spacial score (nSPS) is 15.4. The van der Waals surface area contributed by atoms with Crippen molar-refractivity contribution in [3.05, 3.63) is 64.4 Å². The van der Waals surface area contributed by atoms with Crippen molar-refractivity contribution >= 4 is 17.5 Å². The molecule has 0 aliphatic carbocycles. The van der Waals surface area contributed by atoms with Crippen LogP contribution in [0.15, 0.2) is 42.6 Å². The lowest BCUT2D eigenvalue weighted by atomic mass is 10.1. The molecule has 1 amide bonds. The summed E-state index contributed by atoms with van der Waals surface area (Å²) in [5, 5.41) is 9.21. The maximum atomic E-state index is 12.6. The third-order valence-corrected chi connectivity index (χ3v) is 4.55. The lowest BCUT2D eigenvalue weighted by Crippen LogP contribution is -2.35. The first-order valence-electron chi connectivity index (χ1n) is 8.28. The van der Waals surface area contributed by atoms with Crippen LogP contribution in [0.2, 0.25) is 5.15 Å². The van der Waals surface area contributed by atoms with Gasteiger partial charge in [0.1, 0.15) is 5.15 Å². The Hall–Kier alpha value is -2.42. The van der Waals surface area contributed by atoms with Crippen LogP contribution >= 0.6 is 11.6 Å². The molecule has 1 aliphatic rings. The van der Waals surface area contributed by atoms with E-state index >= 15 is 0 Å². The number of hydrogen-bond donors (Lipinski definition) is 0. The lowest BCUT2D eigenvalue weighted by Gasteiger charge is -2.22. The molecular formula is C19H19ClN4O. The van der Waals surface area contributed by atoms with Crippen LogP contribution in [0, 0.1) is 11.3 Å². The molecule has 0 N–H and O–H groups in total. The van der Waals surface area contributed by atoms with Gasteiger partial charge in [0.05, 0.1) is 11.6 Å². The largest absolute Gasteiger partial charge is 0.337 e. The molecule has 0 atom stereocenters. The number of carbonyl (C=O) groups is 1. The van der Waals surface area contributed by atoms with Gasteiger partial charge in [0.2, 0.25) is 0 Å². The van der Waals surface area contributed by atoms with Gasteiger partial charge in [-0.15, -0.1) is 0 Å². The maximum Gasteiger partial charge on any atom is 0.254 e. The molecule has 0 saturated carbocycles. The maximum absolute atomic E-state index is 12.6. The lowest BCUT2D eigenvalue weighted by molar-refractivity contribution is 0.0761. The molecule has 1 aromatic carbocycles. The third kappa shape index (κ3) is 4.56. The van der Waals surface area contributed by atoms with Crippen molar-refractivity contribution in [1.82, 2.24) is 14.8 Å². The van der Waals surface area contributed by atoms with Gasteiger partial charge >= 0.3 is 0 Å². The topological polar surface area (TPSA) is 60.2 Å². The van der Waals surface area contributed by atoms with Crippen molar-refractivity contribution in [3.63, 3.8) is 0 Å². The number of rotatable bonds is 3. The second-order valence-corrected chi connectivity index (χ2v) is 6.49. The second kappa shape index (κ2) is 8.11. The fourth-order valence-electron chi connectivity index (χ4n) is 2.99. The summed E-state index contributed by atoms with van der Waals surface area (Å²) >= 11 is 5.88. The molecule has 0 bridgehead atoms. The summed E-state index contributed by atoms with van der Waals surface area (Å²) in [6.45, 7) is 4.03. The van der Waals surface area contributed by atoms with Crippen molar-refractivity contribution in [1.29, 1.82) is 5.26 Å². The summed E-state index contributed by atoms with van der Waals surface area (Å²) in [5.41, 5.74) is 2.44. The van der Waals surface area contributed by atoms with Gasteiger partial charge in [0.15, 0.2) is 0 Å². The average Bonchev–Trinajstić information content (AvgIpc) is 2.87. The van der Waals surface area contributed by atoms with Crippen LogP contribution in [0.4, 0.5) is 0 Å². The Morgan fingerprint density at radius 1 is 1.16 bits per heavy atom. The minimum absolute atomic E-state index is 0.00419. The Balaban J connectivity index is 1.60. The standard InChI is InChI=1S/C19H19ClN4O/c20-18-12-17(6-7-22-18)19(25)24-9-1-8-23(10-11-24)14-16-4-2-15(13-21)3-5-16/h2-7,12H,1,8-11,14H2. The van der Waals surface area contributed by atoms with Gasteiger partial charge in [0.25, 0.3) is 5.91 Å². The zero-order valence-corrected chi connectivity index (χ0v) is 14.6. The predicted octanol–water partition coefficient (Wildman–Crippen LogP) is 2.95. The van der Waals surface area contributed by atoms with Crippen LogP contribution in [0.25, 0.3) is 0 Å². The quantitative estimate of drug-likeness (QED) is 0.795. The van der Waals surface area contributed by atoms with Gasteiger partial charge in [-0.1, -0.05) is 23.7 Å². The van der Waals surface area contributed by atoms with E-state index in [-0.39, 0.29) is 5.91 Å². The molecular weight excluding hydrogens is 336 g/mol. The van der Waals surface area contributed by atoms with Crippen LogP contribution < -0.4 is 0 Å². The Labute approximate surface area is 152 Å². The van der Waals surface area contributed by atoms with Gasteiger partial charge in [-0.25, -0.2) is 4.98 Å². The molecule has 2 heterocycles. The number of aromatic nitrogens is 1. The van der Waals surface area contributed by atoms with E-state index in [1.807, 2.05) is 29.2 Å². The van der Waals surface area contributed by atoms with Crippen LogP contribution in [0.1, 0.15) is 27.9 Å². The number of amides is 1. The number of nitrogens with zero attached hydrogens (tertiary/aromatic N) is 4. The molecule has 3 rings (SSSR count). The molecule has 2 aromatic rings. The van der Waals surface area contributed by atoms with Crippen molar-refractivity contribution in [2.45, 2.75) is 13.0 Å². The molecule has 1 aromatic heterocycles. The number of nitriles is 1. The van der Waals surface area contributed by atoms with E-state index in [1.54, 1.807) is 18.3 Å². The third-order valence-electron chi connectivity index (χ3n) is 4.34. The number of pyridine rings is 1. The zero-order valence-electron chi connectivity index (χ0n) is 13.9. The summed E-state index contributed by atoms with van der Waals surface area (Å²) in [7, 11) is 0. The first-order valence-corrected chi connectivity index (χ1v) is 8.66. The highest BCUT2D eigenvalue weighted by atomic mass is 35.5. The van der Waals surface area contributed by atoms with Crippen molar-refractivity contribution in [2.75, 3.05) is 26.2 Å². The second-order valence-electron chi connectivity index (χ2n) is 6.10. The Bertz CT molecular complexity index is 785. The minimum Gasteiger partial charge on any atom is -0.337 e. The van der Waals surface area contributed by atoms with E-state index < -0.39 is 0 Å². The van der Waals surface area contributed by atoms with Crippen molar-refractivity contribution in [3.8, 4) is 6.07 Å². The summed E-state index contributed by atoms with van der Waals surface area (Å²) in [4.78, 5) is 20.8. The minimum atomic E-state index is 0.00419. The zero-order chi connectivity index (χ0) is 17.6. The van der Waals surface area contributed by atoms with Crippen molar-refractivity contribution in [2.24, 2.45) is 0 Å². The van der Waals surface area contributed by atoms with Crippen molar-refractivity contribution < 1.29 is 4.79 Å². The van der Waals surface area contributed by atoms with Crippen LogP contribution in [0.3, 0.4) is 0 Å². The van der Waals surface area contributed by atoms with Gasteiger partial charge in [0, 0.05) is 44.5 Å². The molecule has 0 unspecified atom stereocenters. The van der Waals surface area contributed by atoms with E-state index in [4.69, 9.17) is 16.9 Å². The SMILES string of the molecule is N#Cc1ccc(CN2CCCN(C(=O)c3ccnc(Cl)c3)CC2)cc1. The first kappa shape index (κ1) is 17.4. The van der Waals surface area contributed by atoms with Gasteiger partial charge in [-0.3, -0.25) is 9.69 Å². The number of carbonyl (C=O) groups excluding carboxylic acids is 1. The molecule has 1 saturated heterocycles. The molecule has 0 radical (unpaired) electrons. The van der Waals surface area contributed by atoms with Crippen LogP contribution in [0.5, 0.6) is 0 Å². The smallest absolute Gasteiger partial charge is 0.254 e.